The highest BCUT2D eigenvalue weighted by Gasteiger charge is 2.54. The van der Waals surface area contributed by atoms with Crippen LogP contribution in [0.5, 0.6) is 5.75 Å². The minimum atomic E-state index is -0.152. The van der Waals surface area contributed by atoms with E-state index < -0.39 is 0 Å². The molecule has 4 fully saturated rings. The van der Waals surface area contributed by atoms with E-state index in [-0.39, 0.29) is 5.91 Å². The maximum absolute atomic E-state index is 12.5. The highest BCUT2D eigenvalue weighted by atomic mass is 35.5. The summed E-state index contributed by atoms with van der Waals surface area (Å²) in [5.41, 5.74) is 7.04. The number of hydrogen-bond acceptors (Lipinski definition) is 4. The van der Waals surface area contributed by atoms with E-state index >= 15 is 0 Å². The van der Waals surface area contributed by atoms with Gasteiger partial charge in [-0.2, -0.15) is 0 Å². The molecule has 24 heavy (non-hydrogen) atoms. The molecule has 130 valence electrons. The molecule has 3 heterocycles. The number of nitrogen functional groups attached to an aromatic ring is 1. The number of carbonyl (C=O) groups excluding carboxylic acids is 1. The highest BCUT2D eigenvalue weighted by molar-refractivity contribution is 6.33. The average Bonchev–Trinajstić information content (AvgIpc) is 2.96. The van der Waals surface area contributed by atoms with Gasteiger partial charge in [0, 0.05) is 32.2 Å². The van der Waals surface area contributed by atoms with Gasteiger partial charge in [-0.15, -0.1) is 0 Å². The van der Waals surface area contributed by atoms with Crippen LogP contribution in [0.3, 0.4) is 0 Å². The van der Waals surface area contributed by atoms with E-state index in [1.165, 1.54) is 39.6 Å². The van der Waals surface area contributed by atoms with Crippen LogP contribution in [0.15, 0.2) is 12.1 Å². The first-order valence-corrected chi connectivity index (χ1v) is 9.01. The van der Waals surface area contributed by atoms with Crippen molar-refractivity contribution in [1.82, 2.24) is 10.2 Å². The lowest BCUT2D eigenvalue weighted by Gasteiger charge is -2.40. The first-order valence-electron chi connectivity index (χ1n) is 8.63. The second-order valence-electron chi connectivity index (χ2n) is 7.70. The van der Waals surface area contributed by atoms with Crippen molar-refractivity contribution in [2.24, 2.45) is 17.3 Å². The van der Waals surface area contributed by atoms with Gasteiger partial charge < -0.3 is 20.7 Å². The molecule has 4 aliphatic rings. The lowest BCUT2D eigenvalue weighted by atomic mass is 9.78. The fourth-order valence-corrected chi connectivity index (χ4v) is 5.33. The van der Waals surface area contributed by atoms with E-state index in [0.717, 1.165) is 18.3 Å². The molecule has 3 aliphatic heterocycles. The lowest BCUT2D eigenvalue weighted by Crippen LogP contribution is -2.44. The Morgan fingerprint density at radius 1 is 1.42 bits per heavy atom. The summed E-state index contributed by atoms with van der Waals surface area (Å²) in [7, 11) is 1.53. The molecule has 1 saturated carbocycles. The largest absolute Gasteiger partial charge is 0.496 e. The molecule has 1 aromatic rings. The number of hydrogen-bond donors (Lipinski definition) is 2. The van der Waals surface area contributed by atoms with Crippen molar-refractivity contribution in [1.29, 1.82) is 0 Å². The monoisotopic (exact) mass is 349 g/mol. The number of amides is 1. The first kappa shape index (κ1) is 16.0. The molecule has 2 unspecified atom stereocenters. The second kappa shape index (κ2) is 5.81. The zero-order valence-electron chi connectivity index (χ0n) is 14.0. The summed E-state index contributed by atoms with van der Waals surface area (Å²) >= 11 is 6.05. The highest BCUT2D eigenvalue weighted by Crippen LogP contribution is 2.56. The lowest BCUT2D eigenvalue weighted by molar-refractivity contribution is 0.0847. The predicted molar refractivity (Wildman–Crippen MR) is 94.5 cm³/mol. The summed E-state index contributed by atoms with van der Waals surface area (Å²) in [5.74, 6) is 2.09. The summed E-state index contributed by atoms with van der Waals surface area (Å²) in [6.45, 7) is 4.48. The Bertz CT molecular complexity index is 659. The molecule has 1 aromatic carbocycles. The molecule has 0 radical (unpaired) electrons. The molecule has 0 aromatic heterocycles. The number of ether oxygens (including phenoxy) is 1. The molecule has 3 saturated heterocycles. The number of carbonyl (C=O) groups is 1. The zero-order valence-corrected chi connectivity index (χ0v) is 14.7. The number of rotatable bonds is 5. The fraction of sp³-hybridized carbons (Fsp3) is 0.611. The van der Waals surface area contributed by atoms with Gasteiger partial charge in [-0.25, -0.2) is 0 Å². The van der Waals surface area contributed by atoms with Crippen LogP contribution in [0, 0.1) is 17.3 Å². The smallest absolute Gasteiger partial charge is 0.255 e. The number of benzene rings is 1. The molecule has 1 amide bonds. The maximum Gasteiger partial charge on any atom is 0.255 e. The Morgan fingerprint density at radius 3 is 2.75 bits per heavy atom. The normalized spacial score (nSPS) is 33.0. The van der Waals surface area contributed by atoms with Crippen molar-refractivity contribution in [2.45, 2.75) is 19.3 Å². The number of halogens is 1. The van der Waals surface area contributed by atoms with E-state index in [1.807, 2.05) is 0 Å². The fourth-order valence-electron chi connectivity index (χ4n) is 5.16. The van der Waals surface area contributed by atoms with Crippen molar-refractivity contribution in [3.63, 3.8) is 0 Å². The van der Waals surface area contributed by atoms with Gasteiger partial charge in [-0.1, -0.05) is 11.6 Å². The summed E-state index contributed by atoms with van der Waals surface area (Å²) in [5, 5.41) is 3.41. The van der Waals surface area contributed by atoms with Crippen LogP contribution in [0.2, 0.25) is 5.02 Å². The Labute approximate surface area is 147 Å². The molecule has 4 bridgehead atoms. The van der Waals surface area contributed by atoms with E-state index in [9.17, 15) is 4.79 Å². The summed E-state index contributed by atoms with van der Waals surface area (Å²) in [4.78, 5) is 15.1. The van der Waals surface area contributed by atoms with Crippen LogP contribution in [0.1, 0.15) is 29.6 Å². The number of piperidine rings is 2. The van der Waals surface area contributed by atoms with Crippen molar-refractivity contribution in [2.75, 3.05) is 39.0 Å². The maximum atomic E-state index is 12.5. The SMILES string of the molecule is COc1cc(N)c(Cl)cc1C(=O)NCCC12CC3CN(CC3C1)C2. The Hall–Kier alpha value is -1.46. The standard InChI is InChI=1S/C18H24ClN3O2/c1-24-16-5-15(20)14(19)4-13(16)17(23)21-3-2-18-6-11-8-22(10-18)9-12(11)7-18/h4-5,11-12H,2-3,6-10,20H2,1H3,(H,21,23). The second-order valence-corrected chi connectivity index (χ2v) is 8.11. The molecular weight excluding hydrogens is 326 g/mol. The van der Waals surface area contributed by atoms with Gasteiger partial charge in [0.05, 0.1) is 23.4 Å². The van der Waals surface area contributed by atoms with Gasteiger partial charge in [0.15, 0.2) is 0 Å². The predicted octanol–water partition coefficient (Wildman–Crippen LogP) is 2.39. The molecule has 1 aliphatic carbocycles. The van der Waals surface area contributed by atoms with E-state index in [0.29, 0.717) is 34.0 Å². The van der Waals surface area contributed by atoms with Gasteiger partial charge in [-0.3, -0.25) is 4.79 Å². The third kappa shape index (κ3) is 2.64. The molecular formula is C18H24ClN3O2. The quantitative estimate of drug-likeness (QED) is 0.801. The minimum Gasteiger partial charge on any atom is -0.496 e. The van der Waals surface area contributed by atoms with E-state index in [4.69, 9.17) is 22.1 Å². The summed E-state index contributed by atoms with van der Waals surface area (Å²) in [6.07, 6.45) is 3.72. The molecule has 5 nitrogen and oxygen atoms in total. The number of anilines is 1. The van der Waals surface area contributed by atoms with Gasteiger partial charge in [0.2, 0.25) is 0 Å². The molecule has 2 atom stereocenters. The van der Waals surface area contributed by atoms with Crippen molar-refractivity contribution < 1.29 is 9.53 Å². The topological polar surface area (TPSA) is 67.6 Å². The van der Waals surface area contributed by atoms with E-state index in [2.05, 4.69) is 10.2 Å². The molecule has 6 heteroatoms. The molecule has 5 rings (SSSR count). The number of nitrogens with two attached hydrogens (primary N) is 1. The molecule has 3 N–H and O–H groups in total. The summed E-state index contributed by atoms with van der Waals surface area (Å²) < 4.78 is 5.26. The summed E-state index contributed by atoms with van der Waals surface area (Å²) in [6, 6.07) is 3.18. The van der Waals surface area contributed by atoms with Crippen LogP contribution in [0.4, 0.5) is 5.69 Å². The molecule has 0 spiro atoms. The van der Waals surface area contributed by atoms with Gasteiger partial charge >= 0.3 is 0 Å². The number of nitrogens with one attached hydrogen (secondary N) is 1. The Balaban J connectivity index is 1.38. The van der Waals surface area contributed by atoms with Crippen molar-refractivity contribution >= 4 is 23.2 Å². The van der Waals surface area contributed by atoms with Crippen LogP contribution < -0.4 is 15.8 Å². The third-order valence-electron chi connectivity index (χ3n) is 6.11. The number of nitrogens with zero attached hydrogens (tertiary/aromatic N) is 1. The first-order chi connectivity index (χ1) is 11.5. The van der Waals surface area contributed by atoms with Gasteiger partial charge in [0.1, 0.15) is 5.75 Å². The van der Waals surface area contributed by atoms with E-state index in [1.54, 1.807) is 12.1 Å². The number of methoxy groups -OCH3 is 1. The van der Waals surface area contributed by atoms with Crippen molar-refractivity contribution in [3.8, 4) is 5.75 Å². The van der Waals surface area contributed by atoms with Crippen LogP contribution >= 0.6 is 11.6 Å². The van der Waals surface area contributed by atoms with Crippen molar-refractivity contribution in [3.05, 3.63) is 22.7 Å². The van der Waals surface area contributed by atoms with Crippen LogP contribution in [-0.4, -0.2) is 44.1 Å². The zero-order chi connectivity index (χ0) is 16.9. The van der Waals surface area contributed by atoms with Crippen LogP contribution in [0.25, 0.3) is 0 Å². The minimum absolute atomic E-state index is 0.152. The average molecular weight is 350 g/mol. The van der Waals surface area contributed by atoms with Gasteiger partial charge in [0.25, 0.3) is 5.91 Å². The Morgan fingerprint density at radius 2 is 2.12 bits per heavy atom. The third-order valence-corrected chi connectivity index (χ3v) is 6.43. The van der Waals surface area contributed by atoms with Crippen LogP contribution in [-0.2, 0) is 0 Å². The van der Waals surface area contributed by atoms with Gasteiger partial charge in [-0.05, 0) is 42.6 Å². The Kier molecular flexibility index (Phi) is 3.88.